The van der Waals surface area contributed by atoms with Crippen LogP contribution in [0, 0.1) is 16.0 Å². The quantitative estimate of drug-likeness (QED) is 0.512. The fraction of sp³-hybridized carbons (Fsp3) is 0.562. The third-order valence-electron chi connectivity index (χ3n) is 4.47. The van der Waals surface area contributed by atoms with Crippen molar-refractivity contribution in [3.8, 4) is 0 Å². The zero-order valence-corrected chi connectivity index (χ0v) is 12.8. The SMILES string of the molecule is COC(=O)[C@](N)(CC1CCCCC1)c1ccccc1[N+](=O)[O-]. The molecule has 0 radical (unpaired) electrons. The van der Waals surface area contributed by atoms with E-state index in [1.54, 1.807) is 18.2 Å². The van der Waals surface area contributed by atoms with Crippen molar-refractivity contribution < 1.29 is 14.5 Å². The lowest BCUT2D eigenvalue weighted by Crippen LogP contribution is -2.47. The van der Waals surface area contributed by atoms with E-state index in [1.165, 1.54) is 19.6 Å². The highest BCUT2D eigenvalue weighted by atomic mass is 16.6. The minimum atomic E-state index is -1.47. The number of para-hydroxylation sites is 1. The van der Waals surface area contributed by atoms with E-state index in [0.717, 1.165) is 25.7 Å². The lowest BCUT2D eigenvalue weighted by molar-refractivity contribution is -0.386. The molecule has 2 rings (SSSR count). The Balaban J connectivity index is 2.40. The van der Waals surface area contributed by atoms with E-state index in [-0.39, 0.29) is 17.2 Å². The molecule has 1 saturated carbocycles. The van der Waals surface area contributed by atoms with Gasteiger partial charge in [0.1, 0.15) is 5.54 Å². The third-order valence-corrected chi connectivity index (χ3v) is 4.47. The maximum atomic E-state index is 12.3. The first-order chi connectivity index (χ1) is 10.5. The maximum absolute atomic E-state index is 12.3. The van der Waals surface area contributed by atoms with Gasteiger partial charge in [0.25, 0.3) is 5.69 Å². The zero-order chi connectivity index (χ0) is 16.2. The second-order valence-electron chi connectivity index (χ2n) is 5.95. The second kappa shape index (κ2) is 6.87. The molecule has 22 heavy (non-hydrogen) atoms. The molecule has 1 fully saturated rings. The number of nitro benzene ring substituents is 1. The van der Waals surface area contributed by atoms with Crippen LogP contribution in [-0.2, 0) is 15.1 Å². The summed E-state index contributed by atoms with van der Waals surface area (Å²) in [5, 5.41) is 11.3. The molecule has 1 aliphatic rings. The standard InChI is InChI=1S/C16H22N2O4/c1-22-15(19)16(17,11-12-7-3-2-4-8-12)13-9-5-6-10-14(13)18(20)21/h5-6,9-10,12H,2-4,7-8,11,17H2,1H3/t16-/m0/s1. The summed E-state index contributed by atoms with van der Waals surface area (Å²) in [6.45, 7) is 0. The number of rotatable bonds is 5. The molecule has 0 aromatic heterocycles. The van der Waals surface area contributed by atoms with Gasteiger partial charge in [-0.25, -0.2) is 4.79 Å². The van der Waals surface area contributed by atoms with Crippen LogP contribution in [0.15, 0.2) is 24.3 Å². The van der Waals surface area contributed by atoms with E-state index in [1.807, 2.05) is 0 Å². The van der Waals surface area contributed by atoms with Gasteiger partial charge in [-0.15, -0.1) is 0 Å². The van der Waals surface area contributed by atoms with Crippen LogP contribution in [0.4, 0.5) is 5.69 Å². The predicted molar refractivity (Wildman–Crippen MR) is 82.2 cm³/mol. The van der Waals surface area contributed by atoms with Gasteiger partial charge in [0, 0.05) is 6.07 Å². The van der Waals surface area contributed by atoms with E-state index in [2.05, 4.69) is 0 Å². The molecule has 1 aromatic carbocycles. The van der Waals surface area contributed by atoms with Gasteiger partial charge in [-0.05, 0) is 18.4 Å². The molecule has 0 saturated heterocycles. The van der Waals surface area contributed by atoms with Crippen molar-refractivity contribution in [2.75, 3.05) is 7.11 Å². The van der Waals surface area contributed by atoms with E-state index in [4.69, 9.17) is 10.5 Å². The summed E-state index contributed by atoms with van der Waals surface area (Å²) in [7, 11) is 1.26. The van der Waals surface area contributed by atoms with E-state index >= 15 is 0 Å². The van der Waals surface area contributed by atoms with E-state index < -0.39 is 16.4 Å². The summed E-state index contributed by atoms with van der Waals surface area (Å²) in [4.78, 5) is 23.1. The van der Waals surface area contributed by atoms with Crippen molar-refractivity contribution in [2.24, 2.45) is 11.7 Å². The Morgan fingerprint density at radius 2 is 2.00 bits per heavy atom. The first-order valence-corrected chi connectivity index (χ1v) is 7.60. The van der Waals surface area contributed by atoms with Crippen LogP contribution in [0.1, 0.15) is 44.1 Å². The van der Waals surface area contributed by atoms with Gasteiger partial charge in [0.05, 0.1) is 17.6 Å². The normalized spacial score (nSPS) is 18.5. The number of nitro groups is 1. The van der Waals surface area contributed by atoms with Crippen molar-refractivity contribution in [1.29, 1.82) is 0 Å². The highest BCUT2D eigenvalue weighted by molar-refractivity contribution is 5.84. The maximum Gasteiger partial charge on any atom is 0.330 e. The van der Waals surface area contributed by atoms with Crippen LogP contribution in [0.25, 0.3) is 0 Å². The van der Waals surface area contributed by atoms with Gasteiger partial charge in [0.2, 0.25) is 0 Å². The van der Waals surface area contributed by atoms with Gasteiger partial charge >= 0.3 is 5.97 Å². The molecule has 2 N–H and O–H groups in total. The second-order valence-corrected chi connectivity index (χ2v) is 5.95. The summed E-state index contributed by atoms with van der Waals surface area (Å²) in [6, 6.07) is 6.16. The number of nitrogens with two attached hydrogens (primary N) is 1. The Morgan fingerprint density at radius 3 is 2.59 bits per heavy atom. The Hall–Kier alpha value is -1.95. The van der Waals surface area contributed by atoms with Crippen molar-refractivity contribution >= 4 is 11.7 Å². The summed E-state index contributed by atoms with van der Waals surface area (Å²) >= 11 is 0. The molecular weight excluding hydrogens is 284 g/mol. The minimum absolute atomic E-state index is 0.133. The number of hydrogen-bond donors (Lipinski definition) is 1. The van der Waals surface area contributed by atoms with E-state index in [0.29, 0.717) is 6.42 Å². The van der Waals surface area contributed by atoms with Gasteiger partial charge < -0.3 is 10.5 Å². The highest BCUT2D eigenvalue weighted by Gasteiger charge is 2.43. The summed E-state index contributed by atoms with van der Waals surface area (Å²) in [5.74, 6) is -0.329. The summed E-state index contributed by atoms with van der Waals surface area (Å²) in [6.07, 6.45) is 5.78. The molecule has 120 valence electrons. The Bertz CT molecular complexity index is 555. The van der Waals surface area contributed by atoms with E-state index in [9.17, 15) is 14.9 Å². The molecule has 0 unspecified atom stereocenters. The number of carbonyl (C=O) groups is 1. The predicted octanol–water partition coefficient (Wildman–Crippen LogP) is 2.89. The van der Waals surface area contributed by atoms with Crippen molar-refractivity contribution in [3.05, 3.63) is 39.9 Å². The fourth-order valence-electron chi connectivity index (χ4n) is 3.34. The number of benzene rings is 1. The minimum Gasteiger partial charge on any atom is -0.467 e. The topological polar surface area (TPSA) is 95.5 Å². The molecule has 0 spiro atoms. The molecule has 0 bridgehead atoms. The molecule has 0 amide bonds. The Labute approximate surface area is 129 Å². The molecule has 6 nitrogen and oxygen atoms in total. The van der Waals surface area contributed by atoms with Crippen molar-refractivity contribution in [1.82, 2.24) is 0 Å². The first kappa shape index (κ1) is 16.4. The molecule has 1 aliphatic carbocycles. The zero-order valence-electron chi connectivity index (χ0n) is 12.8. The molecule has 1 atom stereocenters. The summed E-state index contributed by atoms with van der Waals surface area (Å²) in [5.41, 5.74) is 4.99. The monoisotopic (exact) mass is 306 g/mol. The van der Waals surface area contributed by atoms with Crippen LogP contribution in [-0.4, -0.2) is 18.0 Å². The lowest BCUT2D eigenvalue weighted by Gasteiger charge is -2.32. The number of hydrogen-bond acceptors (Lipinski definition) is 5. The molecular formula is C16H22N2O4. The Kier molecular flexibility index (Phi) is 5.13. The third kappa shape index (κ3) is 3.27. The molecule has 0 heterocycles. The average Bonchev–Trinajstić information content (AvgIpc) is 2.54. The number of nitrogens with zero attached hydrogens (tertiary/aromatic N) is 1. The smallest absolute Gasteiger partial charge is 0.330 e. The summed E-state index contributed by atoms with van der Waals surface area (Å²) < 4.78 is 4.86. The van der Waals surface area contributed by atoms with Crippen LogP contribution in [0.5, 0.6) is 0 Å². The highest BCUT2D eigenvalue weighted by Crippen LogP contribution is 2.38. The van der Waals surface area contributed by atoms with Gasteiger partial charge in [-0.1, -0.05) is 44.2 Å². The molecule has 1 aromatic rings. The van der Waals surface area contributed by atoms with Gasteiger partial charge in [-0.3, -0.25) is 10.1 Å². The lowest BCUT2D eigenvalue weighted by atomic mass is 9.76. The fourth-order valence-corrected chi connectivity index (χ4v) is 3.34. The van der Waals surface area contributed by atoms with Gasteiger partial charge in [0.15, 0.2) is 0 Å². The number of methoxy groups -OCH3 is 1. The van der Waals surface area contributed by atoms with Crippen molar-refractivity contribution in [3.63, 3.8) is 0 Å². The first-order valence-electron chi connectivity index (χ1n) is 7.60. The number of esters is 1. The van der Waals surface area contributed by atoms with Crippen molar-refractivity contribution in [2.45, 2.75) is 44.1 Å². The molecule has 6 heteroatoms. The number of ether oxygens (including phenoxy) is 1. The van der Waals surface area contributed by atoms with Gasteiger partial charge in [-0.2, -0.15) is 0 Å². The van der Waals surface area contributed by atoms with Crippen LogP contribution < -0.4 is 5.73 Å². The number of carbonyl (C=O) groups excluding carboxylic acids is 1. The van der Waals surface area contributed by atoms with Crippen LogP contribution in [0.3, 0.4) is 0 Å². The van der Waals surface area contributed by atoms with Crippen LogP contribution in [0.2, 0.25) is 0 Å². The average molecular weight is 306 g/mol. The Morgan fingerprint density at radius 1 is 1.36 bits per heavy atom. The largest absolute Gasteiger partial charge is 0.467 e. The van der Waals surface area contributed by atoms with Crippen LogP contribution >= 0.6 is 0 Å². The molecule has 0 aliphatic heterocycles.